The number of para-hydroxylation sites is 1. The van der Waals surface area contributed by atoms with Crippen LogP contribution in [-0.2, 0) is 10.0 Å². The van der Waals surface area contributed by atoms with Gasteiger partial charge in [0.1, 0.15) is 5.75 Å². The number of anilines is 2. The highest BCUT2D eigenvalue weighted by atomic mass is 32.2. The summed E-state index contributed by atoms with van der Waals surface area (Å²) in [5.41, 5.74) is 3.52. The van der Waals surface area contributed by atoms with Crippen LogP contribution in [0, 0.1) is 0 Å². The lowest BCUT2D eigenvalue weighted by molar-refractivity contribution is 0.475. The van der Waals surface area contributed by atoms with Crippen LogP contribution in [0.1, 0.15) is 0 Å². The number of aromatic nitrogens is 1. The van der Waals surface area contributed by atoms with Gasteiger partial charge >= 0.3 is 0 Å². The molecule has 1 heterocycles. The number of nitrogens with zero attached hydrogens (tertiary/aromatic N) is 2. The molecule has 4 aromatic carbocycles. The van der Waals surface area contributed by atoms with Crippen LogP contribution in [0.5, 0.6) is 5.75 Å². The van der Waals surface area contributed by atoms with E-state index >= 15 is 0 Å². The Balaban J connectivity index is 1.76. The molecule has 5 aromatic rings. The Hall–Kier alpha value is -4.16. The van der Waals surface area contributed by atoms with Crippen molar-refractivity contribution in [2.75, 3.05) is 4.31 Å². The molecular weight excluding hydrogens is 432 g/mol. The van der Waals surface area contributed by atoms with Crippen molar-refractivity contribution in [1.29, 1.82) is 0 Å². The number of phenolic OH excluding ortho intramolecular Hbond substituents is 1. The monoisotopic (exact) mass is 452 g/mol. The maximum Gasteiger partial charge on any atom is 0.268 e. The van der Waals surface area contributed by atoms with Crippen molar-refractivity contribution >= 4 is 32.3 Å². The number of sulfonamides is 1. The zero-order valence-corrected chi connectivity index (χ0v) is 18.4. The number of fused-ring (bicyclic) bond motifs is 1. The van der Waals surface area contributed by atoms with Crippen LogP contribution in [0.25, 0.3) is 22.0 Å². The van der Waals surface area contributed by atoms with Crippen LogP contribution < -0.4 is 4.31 Å². The van der Waals surface area contributed by atoms with E-state index in [-0.39, 0.29) is 10.6 Å². The molecule has 0 unspecified atom stereocenters. The molecule has 0 bridgehead atoms. The van der Waals surface area contributed by atoms with Crippen molar-refractivity contribution in [3.8, 4) is 16.9 Å². The lowest BCUT2D eigenvalue weighted by atomic mass is 10.0. The van der Waals surface area contributed by atoms with Crippen LogP contribution in [0.3, 0.4) is 0 Å². The Bertz CT molecular complexity index is 1520. The van der Waals surface area contributed by atoms with Gasteiger partial charge in [0.15, 0.2) is 0 Å². The second-order valence-corrected chi connectivity index (χ2v) is 9.31. The second-order valence-electron chi connectivity index (χ2n) is 7.53. The predicted molar refractivity (Wildman–Crippen MR) is 131 cm³/mol. The highest BCUT2D eigenvalue weighted by Crippen LogP contribution is 2.38. The number of hydrogen-bond donors (Lipinski definition) is 1. The lowest BCUT2D eigenvalue weighted by Crippen LogP contribution is -2.26. The quantitative estimate of drug-likeness (QED) is 0.348. The van der Waals surface area contributed by atoms with Gasteiger partial charge in [-0.2, -0.15) is 0 Å². The summed E-state index contributed by atoms with van der Waals surface area (Å²) in [6, 6.07) is 31.8. The number of rotatable bonds is 5. The molecular formula is C27H20N2O3S. The van der Waals surface area contributed by atoms with E-state index in [1.54, 1.807) is 66.9 Å². The van der Waals surface area contributed by atoms with E-state index in [1.807, 2.05) is 48.5 Å². The summed E-state index contributed by atoms with van der Waals surface area (Å²) in [6.07, 6.45) is 1.62. The first kappa shape index (κ1) is 20.7. The largest absolute Gasteiger partial charge is 0.508 e. The third-order valence-corrected chi connectivity index (χ3v) is 7.17. The first-order chi connectivity index (χ1) is 16.0. The molecule has 5 nitrogen and oxygen atoms in total. The van der Waals surface area contributed by atoms with E-state index in [4.69, 9.17) is 0 Å². The van der Waals surface area contributed by atoms with E-state index in [1.165, 1.54) is 4.31 Å². The van der Waals surface area contributed by atoms with Crippen LogP contribution in [-0.4, -0.2) is 18.5 Å². The number of benzene rings is 4. The molecule has 0 fully saturated rings. The molecule has 1 aromatic heterocycles. The van der Waals surface area contributed by atoms with Crippen LogP contribution in [0.4, 0.5) is 11.4 Å². The first-order valence-corrected chi connectivity index (χ1v) is 11.8. The van der Waals surface area contributed by atoms with Gasteiger partial charge in [-0.25, -0.2) is 12.7 Å². The Morgan fingerprint density at radius 2 is 1.33 bits per heavy atom. The minimum atomic E-state index is -3.91. The molecule has 0 amide bonds. The Morgan fingerprint density at radius 1 is 0.697 bits per heavy atom. The summed E-state index contributed by atoms with van der Waals surface area (Å²) in [7, 11) is -3.91. The van der Waals surface area contributed by atoms with Crippen molar-refractivity contribution in [1.82, 2.24) is 4.98 Å². The molecule has 0 aliphatic heterocycles. The highest BCUT2D eigenvalue weighted by Gasteiger charge is 2.28. The second kappa shape index (κ2) is 8.41. The Kier molecular flexibility index (Phi) is 5.28. The summed E-state index contributed by atoms with van der Waals surface area (Å²) in [5.74, 6) is 0.186. The molecule has 0 spiro atoms. The lowest BCUT2D eigenvalue weighted by Gasteiger charge is -2.26. The summed E-state index contributed by atoms with van der Waals surface area (Å²) in [4.78, 5) is 4.66. The number of phenols is 1. The van der Waals surface area contributed by atoms with Gasteiger partial charge in [-0.05, 0) is 65.7 Å². The van der Waals surface area contributed by atoms with E-state index in [2.05, 4.69) is 4.98 Å². The average molecular weight is 453 g/mol. The van der Waals surface area contributed by atoms with Gasteiger partial charge in [0, 0.05) is 11.6 Å². The first-order valence-electron chi connectivity index (χ1n) is 10.4. The molecule has 0 aliphatic carbocycles. The molecule has 0 aliphatic rings. The summed E-state index contributed by atoms with van der Waals surface area (Å²) < 4.78 is 29.1. The third-order valence-electron chi connectivity index (χ3n) is 5.41. The molecule has 1 N–H and O–H groups in total. The molecule has 0 saturated carbocycles. The van der Waals surface area contributed by atoms with Gasteiger partial charge in [-0.3, -0.25) is 4.98 Å². The fourth-order valence-corrected chi connectivity index (χ4v) is 5.34. The normalized spacial score (nSPS) is 11.4. The van der Waals surface area contributed by atoms with Crippen molar-refractivity contribution in [3.63, 3.8) is 0 Å². The van der Waals surface area contributed by atoms with E-state index in [0.717, 1.165) is 11.1 Å². The van der Waals surface area contributed by atoms with Crippen molar-refractivity contribution in [2.24, 2.45) is 0 Å². The van der Waals surface area contributed by atoms with Gasteiger partial charge in [-0.1, -0.05) is 54.6 Å². The van der Waals surface area contributed by atoms with E-state index in [0.29, 0.717) is 22.3 Å². The Morgan fingerprint density at radius 3 is 2.03 bits per heavy atom. The smallest absolute Gasteiger partial charge is 0.268 e. The minimum Gasteiger partial charge on any atom is -0.508 e. The maximum atomic E-state index is 13.8. The van der Waals surface area contributed by atoms with E-state index < -0.39 is 10.0 Å². The molecule has 0 atom stereocenters. The van der Waals surface area contributed by atoms with Crippen LogP contribution in [0.2, 0.25) is 0 Å². The molecule has 0 radical (unpaired) electrons. The van der Waals surface area contributed by atoms with E-state index in [9.17, 15) is 13.5 Å². The summed E-state index contributed by atoms with van der Waals surface area (Å²) >= 11 is 0. The SMILES string of the molecule is O=S(=O)(c1ccccc1)N(c1ccccc1)c1ccnc2ccc(-c3ccc(O)cc3)cc12. The van der Waals surface area contributed by atoms with Crippen LogP contribution >= 0.6 is 0 Å². The number of hydrogen-bond acceptors (Lipinski definition) is 4. The molecule has 33 heavy (non-hydrogen) atoms. The molecule has 0 saturated heterocycles. The van der Waals surface area contributed by atoms with Gasteiger partial charge < -0.3 is 5.11 Å². The average Bonchev–Trinajstić information content (AvgIpc) is 2.86. The minimum absolute atomic E-state index is 0.186. The fraction of sp³-hybridized carbons (Fsp3) is 0. The van der Waals surface area contributed by atoms with Crippen LogP contribution in [0.15, 0.2) is 120 Å². The number of pyridine rings is 1. The zero-order valence-electron chi connectivity index (χ0n) is 17.5. The summed E-state index contributed by atoms with van der Waals surface area (Å²) in [5, 5.41) is 10.3. The summed E-state index contributed by atoms with van der Waals surface area (Å²) in [6.45, 7) is 0. The van der Waals surface area contributed by atoms with Gasteiger partial charge in [-0.15, -0.1) is 0 Å². The van der Waals surface area contributed by atoms with Crippen molar-refractivity contribution < 1.29 is 13.5 Å². The maximum absolute atomic E-state index is 13.8. The topological polar surface area (TPSA) is 70.5 Å². The Labute approximate surface area is 192 Å². The van der Waals surface area contributed by atoms with Gasteiger partial charge in [0.25, 0.3) is 10.0 Å². The fourth-order valence-electron chi connectivity index (χ4n) is 3.81. The molecule has 162 valence electrons. The third kappa shape index (κ3) is 3.92. The standard InChI is InChI=1S/C27H20N2O3S/c30-23-14-11-20(12-15-23)21-13-16-26-25(19-21)27(17-18-28-26)29(22-7-3-1-4-8-22)33(31,32)24-9-5-2-6-10-24/h1-19,30H. The molecule has 5 rings (SSSR count). The van der Waals surface area contributed by atoms with Crippen molar-refractivity contribution in [3.05, 3.63) is 115 Å². The zero-order chi connectivity index (χ0) is 22.8. The van der Waals surface area contributed by atoms with Gasteiger partial charge in [0.05, 0.1) is 21.8 Å². The highest BCUT2D eigenvalue weighted by molar-refractivity contribution is 7.93. The predicted octanol–water partition coefficient (Wildman–Crippen LogP) is 6.13. The van der Waals surface area contributed by atoms with Gasteiger partial charge in [0.2, 0.25) is 0 Å². The van der Waals surface area contributed by atoms with Crippen molar-refractivity contribution in [2.45, 2.75) is 4.90 Å². The molecule has 6 heteroatoms. The number of aromatic hydroxyl groups is 1.